The van der Waals surface area contributed by atoms with Crippen LogP contribution in [0.25, 0.3) is 0 Å². The Bertz CT molecular complexity index is 1110. The number of aliphatic hydroxyl groups excluding tert-OH is 15. The topological polar surface area (TPSA) is 387 Å². The first kappa shape index (κ1) is 42.2. The summed E-state index contributed by atoms with van der Waals surface area (Å²) in [5.41, 5.74) is 0. The molecule has 0 aromatic rings. The quantitative estimate of drug-likeness (QED) is 0.0827. The number of aliphatic hydroxyl groups is 15. The zero-order valence-corrected chi connectivity index (χ0v) is 27.2. The van der Waals surface area contributed by atoms with Gasteiger partial charge in [-0.15, -0.1) is 0 Å². The summed E-state index contributed by atoms with van der Waals surface area (Å²) in [5.74, 6) is 0. The van der Waals surface area contributed by atoms with Gasteiger partial charge in [0.15, 0.2) is 31.5 Å². The van der Waals surface area contributed by atoms with Gasteiger partial charge in [-0.05, 0) is 0 Å². The molecule has 5 rings (SSSR count). The van der Waals surface area contributed by atoms with E-state index >= 15 is 0 Å². The van der Waals surface area contributed by atoms with Gasteiger partial charge in [0.05, 0.1) is 33.0 Å². The highest BCUT2D eigenvalue weighted by molar-refractivity contribution is 4.96. The van der Waals surface area contributed by atoms with Crippen LogP contribution >= 0.6 is 0 Å². The lowest BCUT2D eigenvalue weighted by Gasteiger charge is -2.45. The fraction of sp³-hybridized carbons (Fsp3) is 1.00. The van der Waals surface area contributed by atoms with Crippen molar-refractivity contribution >= 4 is 0 Å². The normalized spacial score (nSPS) is 53.0. The molecule has 0 radical (unpaired) electrons. The third kappa shape index (κ3) is 8.70. The molecule has 0 saturated carbocycles. The molecular weight excluding hydrogens is 720 g/mol. The summed E-state index contributed by atoms with van der Waals surface area (Å²) in [6.07, 6.45) is -38.8. The minimum atomic E-state index is -1.97. The molecule has 0 aliphatic carbocycles. The van der Waals surface area contributed by atoms with Crippen molar-refractivity contribution in [3.8, 4) is 0 Å². The monoisotopic (exact) mass is 768 g/mol. The first-order chi connectivity index (χ1) is 24.6. The van der Waals surface area contributed by atoms with Crippen molar-refractivity contribution < 1.29 is 119 Å². The molecule has 304 valence electrons. The second-order valence-corrected chi connectivity index (χ2v) is 13.1. The number of hydrogen-bond acceptors (Lipinski definition) is 24. The molecule has 15 N–H and O–H groups in total. The highest BCUT2D eigenvalue weighted by Crippen LogP contribution is 2.33. The summed E-state index contributed by atoms with van der Waals surface area (Å²) in [7, 11) is 0. The van der Waals surface area contributed by atoms with Crippen molar-refractivity contribution in [3.63, 3.8) is 0 Å². The van der Waals surface area contributed by atoms with E-state index in [0.29, 0.717) is 0 Å². The fourth-order valence-corrected chi connectivity index (χ4v) is 6.30. The third-order valence-electron chi connectivity index (χ3n) is 9.56. The highest BCUT2D eigenvalue weighted by atomic mass is 16.8. The van der Waals surface area contributed by atoms with Gasteiger partial charge in [-0.25, -0.2) is 0 Å². The van der Waals surface area contributed by atoms with Crippen LogP contribution in [-0.4, -0.2) is 251 Å². The molecule has 5 aliphatic heterocycles. The Morgan fingerprint density at radius 1 is 0.327 bits per heavy atom. The Morgan fingerprint density at radius 2 is 0.673 bits per heavy atom. The van der Waals surface area contributed by atoms with Crippen LogP contribution < -0.4 is 0 Å². The summed E-state index contributed by atoms with van der Waals surface area (Å²) in [4.78, 5) is 0. The smallest absolute Gasteiger partial charge is 0.187 e. The van der Waals surface area contributed by atoms with Gasteiger partial charge in [-0.2, -0.15) is 0 Å². The van der Waals surface area contributed by atoms with Crippen LogP contribution in [0.1, 0.15) is 0 Å². The minimum Gasteiger partial charge on any atom is -0.394 e. The summed E-state index contributed by atoms with van der Waals surface area (Å²) in [6, 6.07) is 0. The molecule has 0 aromatic heterocycles. The maximum atomic E-state index is 11.2. The maximum absolute atomic E-state index is 11.2. The Hall–Kier alpha value is -0.960. The van der Waals surface area contributed by atoms with E-state index in [0.717, 1.165) is 0 Å². The molecule has 0 aromatic carbocycles. The summed E-state index contributed by atoms with van der Waals surface area (Å²) < 4.78 is 48.9. The van der Waals surface area contributed by atoms with E-state index in [-0.39, 0.29) is 0 Å². The van der Waals surface area contributed by atoms with Gasteiger partial charge >= 0.3 is 0 Å². The molecule has 8 unspecified atom stereocenters. The van der Waals surface area contributed by atoms with E-state index in [2.05, 4.69) is 0 Å². The Kier molecular flexibility index (Phi) is 14.5. The van der Waals surface area contributed by atoms with E-state index in [1.54, 1.807) is 0 Å². The van der Waals surface area contributed by atoms with Crippen LogP contribution in [0.5, 0.6) is 0 Å². The molecule has 5 fully saturated rings. The third-order valence-corrected chi connectivity index (χ3v) is 9.56. The average Bonchev–Trinajstić information content (AvgIpc) is 3.56. The van der Waals surface area contributed by atoms with E-state index in [4.69, 9.17) is 42.6 Å². The molecule has 0 bridgehead atoms. The predicted molar refractivity (Wildman–Crippen MR) is 155 cm³/mol. The van der Waals surface area contributed by atoms with Crippen LogP contribution in [0.15, 0.2) is 0 Å². The minimum absolute atomic E-state index is 0.555. The highest BCUT2D eigenvalue weighted by Gasteiger charge is 2.53. The second-order valence-electron chi connectivity index (χ2n) is 13.1. The number of hydrogen-bond donors (Lipinski definition) is 15. The molecule has 5 saturated heterocycles. The molecule has 5 heterocycles. The molecule has 0 amide bonds. The predicted octanol–water partition coefficient (Wildman–Crippen LogP) is -10.6. The summed E-state index contributed by atoms with van der Waals surface area (Å²) in [6.45, 7) is -3.40. The van der Waals surface area contributed by atoms with Crippen molar-refractivity contribution in [3.05, 3.63) is 0 Å². The first-order valence-corrected chi connectivity index (χ1v) is 16.4. The molecule has 24 nitrogen and oxygen atoms in total. The molecule has 52 heavy (non-hydrogen) atoms. The van der Waals surface area contributed by atoms with E-state index in [9.17, 15) is 76.6 Å². The maximum Gasteiger partial charge on any atom is 0.187 e. The number of ether oxygens (including phenoxy) is 9. The van der Waals surface area contributed by atoms with E-state index in [1.165, 1.54) is 0 Å². The van der Waals surface area contributed by atoms with E-state index in [1.807, 2.05) is 0 Å². The van der Waals surface area contributed by atoms with Gasteiger partial charge in [-0.1, -0.05) is 0 Å². The van der Waals surface area contributed by atoms with E-state index < -0.39 is 174 Å². The van der Waals surface area contributed by atoms with Crippen LogP contribution in [-0.2, 0) is 42.6 Å². The molecule has 23 atom stereocenters. The summed E-state index contributed by atoms with van der Waals surface area (Å²) >= 11 is 0. The molecular formula is C28H48O24. The van der Waals surface area contributed by atoms with Gasteiger partial charge in [0, 0.05) is 0 Å². The van der Waals surface area contributed by atoms with Crippen LogP contribution in [0.4, 0.5) is 0 Å². The average molecular weight is 769 g/mol. The lowest BCUT2D eigenvalue weighted by molar-refractivity contribution is -0.353. The van der Waals surface area contributed by atoms with Crippen LogP contribution in [0.3, 0.4) is 0 Å². The fourth-order valence-electron chi connectivity index (χ4n) is 6.30. The zero-order valence-electron chi connectivity index (χ0n) is 27.2. The lowest BCUT2D eigenvalue weighted by Crippen LogP contribution is -2.63. The Labute approximate surface area is 293 Å². The van der Waals surface area contributed by atoms with Crippen molar-refractivity contribution in [2.45, 2.75) is 141 Å². The molecule has 24 heteroatoms. The van der Waals surface area contributed by atoms with Gasteiger partial charge in [-0.3, -0.25) is 0 Å². The van der Waals surface area contributed by atoms with Gasteiger partial charge in [0.1, 0.15) is 110 Å². The van der Waals surface area contributed by atoms with Crippen molar-refractivity contribution in [1.29, 1.82) is 0 Å². The van der Waals surface area contributed by atoms with Crippen molar-refractivity contribution in [1.82, 2.24) is 0 Å². The molecule has 0 spiro atoms. The molecule has 5 aliphatic rings. The Morgan fingerprint density at radius 3 is 1.21 bits per heavy atom. The first-order valence-electron chi connectivity index (χ1n) is 16.4. The standard InChI is InChI=1S/C28H48O24/c29-1-6-11(31)17(37)21(41)26(48-6)45-5-10-15(35)23(22(42)27(50-10)46-3-8-13(33)16(36)18(38)24(43)47-8)52-28-20(40)14(34)9(51-28)4-44-25-19(39)12(32)7(2-30)49-25/h6-43H,1-5H2/t6?,7-,8?,9-,10?,11-,12+,13-,14+,15-,16-,17-,18?,19?,20?,21?,22?,23-,24+,25+,26+,27+,28+/m0/s1. The lowest BCUT2D eigenvalue weighted by atomic mass is 9.97. The SMILES string of the molecule is OCC1O[C@@H](OCC2O[C@@H](OCC3O[C@@H](O)C(O)[C@@H](O)[C@H]3O)C(O)[C@@H](O[C@H]3O[C@@H](CO[C@@H]4O[C@@H](CO)[C@@H](O)C4O)[C@@H](O)C3O)[C@H]2O)C(O)[C@@H](O)[C@H]1O. The van der Waals surface area contributed by atoms with Crippen LogP contribution in [0, 0.1) is 0 Å². The van der Waals surface area contributed by atoms with Crippen LogP contribution in [0.2, 0.25) is 0 Å². The zero-order chi connectivity index (χ0) is 38.2. The second kappa shape index (κ2) is 17.9. The van der Waals surface area contributed by atoms with Crippen molar-refractivity contribution in [2.24, 2.45) is 0 Å². The van der Waals surface area contributed by atoms with Gasteiger partial charge in [0.2, 0.25) is 0 Å². The van der Waals surface area contributed by atoms with Gasteiger partial charge < -0.3 is 119 Å². The van der Waals surface area contributed by atoms with Gasteiger partial charge in [0.25, 0.3) is 0 Å². The summed E-state index contributed by atoms with van der Waals surface area (Å²) in [5, 5.41) is 153. The Balaban J connectivity index is 1.27. The van der Waals surface area contributed by atoms with Crippen molar-refractivity contribution in [2.75, 3.05) is 33.0 Å². The largest absolute Gasteiger partial charge is 0.394 e. The number of rotatable bonds is 13.